The van der Waals surface area contributed by atoms with E-state index in [2.05, 4.69) is 24.4 Å². The molecule has 0 heterocycles. The molecule has 1 atom stereocenters. The molecule has 0 aliphatic heterocycles. The standard InChI is InChI=1S/C19H23NO3/c1-14(12-16-6-9-18(23-2)10-7-16)20-17-5-3-4-15(13-17)8-11-19(21)22/h3-7,9-10,13-14,20H,8,11-12H2,1-2H3,(H,21,22). The van der Waals surface area contributed by atoms with Crippen molar-refractivity contribution in [2.75, 3.05) is 12.4 Å². The minimum Gasteiger partial charge on any atom is -0.497 e. The average molecular weight is 313 g/mol. The van der Waals surface area contributed by atoms with E-state index in [9.17, 15) is 4.79 Å². The van der Waals surface area contributed by atoms with Crippen LogP contribution in [0.25, 0.3) is 0 Å². The highest BCUT2D eigenvalue weighted by Crippen LogP contribution is 2.16. The van der Waals surface area contributed by atoms with Gasteiger partial charge < -0.3 is 15.2 Å². The molecule has 0 aliphatic carbocycles. The Bertz CT molecular complexity index is 637. The molecule has 122 valence electrons. The predicted octanol–water partition coefficient (Wildman–Crippen LogP) is 3.76. The van der Waals surface area contributed by atoms with E-state index in [-0.39, 0.29) is 12.5 Å². The van der Waals surface area contributed by atoms with Crippen molar-refractivity contribution in [3.05, 3.63) is 59.7 Å². The largest absolute Gasteiger partial charge is 0.497 e. The number of carbonyl (C=O) groups is 1. The van der Waals surface area contributed by atoms with Crippen LogP contribution in [0.2, 0.25) is 0 Å². The Labute approximate surface area is 137 Å². The van der Waals surface area contributed by atoms with Gasteiger partial charge >= 0.3 is 5.97 Å². The Morgan fingerprint density at radius 3 is 2.57 bits per heavy atom. The van der Waals surface area contributed by atoms with Crippen molar-refractivity contribution in [3.63, 3.8) is 0 Å². The number of nitrogens with one attached hydrogen (secondary N) is 1. The van der Waals surface area contributed by atoms with Gasteiger partial charge in [-0.3, -0.25) is 4.79 Å². The monoisotopic (exact) mass is 313 g/mol. The van der Waals surface area contributed by atoms with Crippen LogP contribution in [-0.2, 0) is 17.6 Å². The molecular weight excluding hydrogens is 290 g/mol. The Balaban J connectivity index is 1.92. The summed E-state index contributed by atoms with van der Waals surface area (Å²) in [7, 11) is 1.66. The zero-order valence-corrected chi connectivity index (χ0v) is 13.6. The summed E-state index contributed by atoms with van der Waals surface area (Å²) in [6.45, 7) is 2.13. The van der Waals surface area contributed by atoms with Gasteiger partial charge in [-0.05, 0) is 55.2 Å². The molecule has 0 bridgehead atoms. The van der Waals surface area contributed by atoms with Crippen molar-refractivity contribution < 1.29 is 14.6 Å². The lowest BCUT2D eigenvalue weighted by atomic mass is 10.1. The Hall–Kier alpha value is -2.49. The summed E-state index contributed by atoms with van der Waals surface area (Å²) >= 11 is 0. The van der Waals surface area contributed by atoms with Crippen LogP contribution >= 0.6 is 0 Å². The number of hydrogen-bond donors (Lipinski definition) is 2. The summed E-state index contributed by atoms with van der Waals surface area (Å²) < 4.78 is 5.17. The molecule has 0 amide bonds. The molecule has 0 fully saturated rings. The van der Waals surface area contributed by atoms with Crippen molar-refractivity contribution in [3.8, 4) is 5.75 Å². The van der Waals surface area contributed by atoms with E-state index in [1.54, 1.807) is 7.11 Å². The number of aryl methyl sites for hydroxylation is 1. The number of methoxy groups -OCH3 is 1. The molecule has 0 aliphatic rings. The number of aliphatic carboxylic acids is 1. The summed E-state index contributed by atoms with van der Waals surface area (Å²) in [5, 5.41) is 12.2. The lowest BCUT2D eigenvalue weighted by Gasteiger charge is -2.16. The van der Waals surface area contributed by atoms with Crippen LogP contribution in [0.15, 0.2) is 48.5 Å². The highest BCUT2D eigenvalue weighted by atomic mass is 16.5. The van der Waals surface area contributed by atoms with Crippen LogP contribution in [0.1, 0.15) is 24.5 Å². The van der Waals surface area contributed by atoms with Gasteiger partial charge in [0.1, 0.15) is 5.75 Å². The topological polar surface area (TPSA) is 58.6 Å². The minimum atomic E-state index is -0.767. The summed E-state index contributed by atoms with van der Waals surface area (Å²) in [6, 6.07) is 16.3. The normalized spacial score (nSPS) is 11.7. The number of rotatable bonds is 8. The Morgan fingerprint density at radius 1 is 1.17 bits per heavy atom. The van der Waals surface area contributed by atoms with Crippen LogP contribution in [0, 0.1) is 0 Å². The average Bonchev–Trinajstić information content (AvgIpc) is 2.54. The molecule has 0 saturated carbocycles. The first-order valence-electron chi connectivity index (χ1n) is 7.77. The van der Waals surface area contributed by atoms with Crippen LogP contribution in [0.3, 0.4) is 0 Å². The molecule has 0 saturated heterocycles. The summed E-state index contributed by atoms with van der Waals surface area (Å²) in [6.07, 6.45) is 1.62. The number of carboxylic acids is 1. The summed E-state index contributed by atoms with van der Waals surface area (Å²) in [5.74, 6) is 0.0942. The first kappa shape index (κ1) is 16.9. The fourth-order valence-corrected chi connectivity index (χ4v) is 2.52. The van der Waals surface area contributed by atoms with Gasteiger partial charge in [0.15, 0.2) is 0 Å². The Kier molecular flexibility index (Phi) is 6.03. The van der Waals surface area contributed by atoms with Gasteiger partial charge in [-0.15, -0.1) is 0 Å². The number of anilines is 1. The molecule has 4 nitrogen and oxygen atoms in total. The molecule has 2 aromatic rings. The van der Waals surface area contributed by atoms with E-state index < -0.39 is 5.97 Å². The highest BCUT2D eigenvalue weighted by molar-refractivity contribution is 5.67. The van der Waals surface area contributed by atoms with Crippen molar-refractivity contribution >= 4 is 11.7 Å². The van der Waals surface area contributed by atoms with Crippen molar-refractivity contribution in [1.29, 1.82) is 0 Å². The second-order valence-electron chi connectivity index (χ2n) is 5.69. The molecule has 4 heteroatoms. The molecular formula is C19H23NO3. The number of benzene rings is 2. The molecule has 0 spiro atoms. The molecule has 2 rings (SSSR count). The zero-order chi connectivity index (χ0) is 16.7. The van der Waals surface area contributed by atoms with Crippen LogP contribution in [0.5, 0.6) is 5.75 Å². The molecule has 0 aromatic heterocycles. The first-order chi connectivity index (χ1) is 11.1. The van der Waals surface area contributed by atoms with E-state index in [0.29, 0.717) is 6.42 Å². The zero-order valence-electron chi connectivity index (χ0n) is 13.6. The summed E-state index contributed by atoms with van der Waals surface area (Å²) in [5.41, 5.74) is 3.30. The maximum Gasteiger partial charge on any atom is 0.303 e. The molecule has 1 unspecified atom stereocenters. The molecule has 0 radical (unpaired) electrons. The maximum atomic E-state index is 10.7. The third-order valence-electron chi connectivity index (χ3n) is 3.67. The quantitative estimate of drug-likeness (QED) is 0.779. The van der Waals surface area contributed by atoms with Crippen LogP contribution in [-0.4, -0.2) is 24.2 Å². The third-order valence-corrected chi connectivity index (χ3v) is 3.67. The van der Waals surface area contributed by atoms with Crippen molar-refractivity contribution in [2.45, 2.75) is 32.2 Å². The second kappa shape index (κ2) is 8.22. The van der Waals surface area contributed by atoms with Crippen molar-refractivity contribution in [1.82, 2.24) is 0 Å². The molecule has 23 heavy (non-hydrogen) atoms. The number of ether oxygens (including phenoxy) is 1. The van der Waals surface area contributed by atoms with Crippen LogP contribution < -0.4 is 10.1 Å². The molecule has 2 N–H and O–H groups in total. The second-order valence-corrected chi connectivity index (χ2v) is 5.69. The Morgan fingerprint density at radius 2 is 1.91 bits per heavy atom. The SMILES string of the molecule is COc1ccc(CC(C)Nc2cccc(CCC(=O)O)c2)cc1. The van der Waals surface area contributed by atoms with Crippen LogP contribution in [0.4, 0.5) is 5.69 Å². The van der Waals surface area contributed by atoms with E-state index in [1.165, 1.54) is 5.56 Å². The van der Waals surface area contributed by atoms with Gasteiger partial charge in [0.25, 0.3) is 0 Å². The van der Waals surface area contributed by atoms with Gasteiger partial charge in [0, 0.05) is 18.2 Å². The van der Waals surface area contributed by atoms with Gasteiger partial charge in [0.05, 0.1) is 7.11 Å². The lowest BCUT2D eigenvalue weighted by Crippen LogP contribution is -2.18. The highest BCUT2D eigenvalue weighted by Gasteiger charge is 2.05. The van der Waals surface area contributed by atoms with Gasteiger partial charge in [-0.25, -0.2) is 0 Å². The predicted molar refractivity (Wildman–Crippen MR) is 92.2 cm³/mol. The van der Waals surface area contributed by atoms with Gasteiger partial charge in [-0.2, -0.15) is 0 Å². The van der Waals surface area contributed by atoms with E-state index >= 15 is 0 Å². The fourth-order valence-electron chi connectivity index (χ4n) is 2.52. The van der Waals surface area contributed by atoms with Gasteiger partial charge in [0.2, 0.25) is 0 Å². The lowest BCUT2D eigenvalue weighted by molar-refractivity contribution is -0.136. The van der Waals surface area contributed by atoms with Gasteiger partial charge in [-0.1, -0.05) is 24.3 Å². The molecule has 2 aromatic carbocycles. The minimum absolute atomic E-state index is 0.158. The summed E-state index contributed by atoms with van der Waals surface area (Å²) in [4.78, 5) is 10.7. The third kappa shape index (κ3) is 5.66. The van der Waals surface area contributed by atoms with E-state index in [4.69, 9.17) is 9.84 Å². The fraction of sp³-hybridized carbons (Fsp3) is 0.316. The number of hydrogen-bond acceptors (Lipinski definition) is 3. The smallest absolute Gasteiger partial charge is 0.303 e. The first-order valence-corrected chi connectivity index (χ1v) is 7.77. The van der Waals surface area contributed by atoms with Crippen molar-refractivity contribution in [2.24, 2.45) is 0 Å². The van der Waals surface area contributed by atoms with E-state index in [0.717, 1.165) is 23.4 Å². The number of carboxylic acid groups (broad SMARTS) is 1. The van der Waals surface area contributed by atoms with E-state index in [1.807, 2.05) is 36.4 Å². The maximum absolute atomic E-state index is 10.7.